The summed E-state index contributed by atoms with van der Waals surface area (Å²) in [6, 6.07) is 77.6. The molecule has 0 spiro atoms. The van der Waals surface area contributed by atoms with Crippen molar-refractivity contribution in [2.24, 2.45) is 0 Å². The summed E-state index contributed by atoms with van der Waals surface area (Å²) < 4.78 is 0. The van der Waals surface area contributed by atoms with Crippen LogP contribution in [0.25, 0.3) is 100.0 Å². The molecule has 0 saturated carbocycles. The maximum Gasteiger partial charge on any atom is 0.160 e. The number of benzene rings is 9. The zero-order chi connectivity index (χ0) is 37.3. The van der Waals surface area contributed by atoms with E-state index in [-0.39, 0.29) is 0 Å². The Bertz CT molecular complexity index is 3020. The third-order valence-electron chi connectivity index (χ3n) is 10.7. The number of nitrogens with zero attached hydrogens (tertiary/aromatic N) is 2. The van der Waals surface area contributed by atoms with Crippen molar-refractivity contribution < 1.29 is 0 Å². The fourth-order valence-corrected chi connectivity index (χ4v) is 7.89. The molecule has 1 heterocycles. The molecule has 10 aromatic rings. The Balaban J connectivity index is 1.02. The molecule has 0 atom stereocenters. The van der Waals surface area contributed by atoms with Crippen molar-refractivity contribution in [3.63, 3.8) is 0 Å². The van der Waals surface area contributed by atoms with Gasteiger partial charge in [0.15, 0.2) is 5.82 Å². The van der Waals surface area contributed by atoms with Gasteiger partial charge in [-0.05, 0) is 96.7 Å². The number of hydrogen-bond acceptors (Lipinski definition) is 2. The van der Waals surface area contributed by atoms with Crippen molar-refractivity contribution in [2.75, 3.05) is 0 Å². The van der Waals surface area contributed by atoms with Crippen LogP contribution in [0.5, 0.6) is 0 Å². The van der Waals surface area contributed by atoms with E-state index >= 15 is 0 Å². The lowest BCUT2D eigenvalue weighted by molar-refractivity contribution is 1.23. The summed E-state index contributed by atoms with van der Waals surface area (Å²) in [5.74, 6) is 0.707. The van der Waals surface area contributed by atoms with Crippen molar-refractivity contribution in [2.45, 2.75) is 0 Å². The molecular weight excluding hydrogens is 677 g/mol. The number of aromatic nitrogens is 2. The molecule has 56 heavy (non-hydrogen) atoms. The Hall–Kier alpha value is -7.42. The van der Waals surface area contributed by atoms with E-state index in [1.807, 2.05) is 0 Å². The predicted octanol–water partition coefficient (Wildman–Crippen LogP) is 14.5. The number of rotatable bonds is 7. The maximum absolute atomic E-state index is 5.35. The zero-order valence-electron chi connectivity index (χ0n) is 30.7. The lowest BCUT2D eigenvalue weighted by Gasteiger charge is -2.14. The van der Waals surface area contributed by atoms with Crippen LogP contribution in [0.2, 0.25) is 0 Å². The van der Waals surface area contributed by atoms with Crippen LogP contribution >= 0.6 is 0 Å². The van der Waals surface area contributed by atoms with E-state index in [0.29, 0.717) is 5.82 Å². The van der Waals surface area contributed by atoms with Gasteiger partial charge in [0.1, 0.15) is 0 Å². The fourth-order valence-electron chi connectivity index (χ4n) is 7.89. The molecular formula is C54H36N2. The van der Waals surface area contributed by atoms with Crippen molar-refractivity contribution in [1.29, 1.82) is 0 Å². The first-order valence-corrected chi connectivity index (χ1v) is 19.1. The van der Waals surface area contributed by atoms with E-state index in [2.05, 4.69) is 218 Å². The van der Waals surface area contributed by atoms with Crippen molar-refractivity contribution in [3.05, 3.63) is 218 Å². The number of para-hydroxylation sites is 1. The molecule has 1 aromatic heterocycles. The van der Waals surface area contributed by atoms with Crippen LogP contribution in [0, 0.1) is 0 Å². The van der Waals surface area contributed by atoms with Crippen molar-refractivity contribution in [3.8, 4) is 78.3 Å². The lowest BCUT2D eigenvalue weighted by Crippen LogP contribution is -1.96. The van der Waals surface area contributed by atoms with Gasteiger partial charge >= 0.3 is 0 Å². The Morgan fingerprint density at radius 1 is 0.232 bits per heavy atom. The van der Waals surface area contributed by atoms with Crippen LogP contribution < -0.4 is 0 Å². The molecule has 0 bridgehead atoms. The molecule has 0 aliphatic heterocycles. The molecule has 0 fully saturated rings. The smallest absolute Gasteiger partial charge is 0.160 e. The summed E-state index contributed by atoms with van der Waals surface area (Å²) in [5.41, 5.74) is 15.8. The second-order valence-corrected chi connectivity index (χ2v) is 14.2. The summed E-state index contributed by atoms with van der Waals surface area (Å²) in [6.07, 6.45) is 0. The van der Waals surface area contributed by atoms with Crippen LogP contribution in [-0.4, -0.2) is 9.97 Å². The van der Waals surface area contributed by atoms with Gasteiger partial charge in [-0.15, -0.1) is 0 Å². The van der Waals surface area contributed by atoms with Gasteiger partial charge in [-0.25, -0.2) is 9.97 Å². The van der Waals surface area contributed by atoms with E-state index in [0.717, 1.165) is 38.9 Å². The van der Waals surface area contributed by atoms with Crippen LogP contribution in [0.3, 0.4) is 0 Å². The Morgan fingerprint density at radius 3 is 1.16 bits per heavy atom. The number of fused-ring (bicyclic) bond motifs is 2. The van der Waals surface area contributed by atoms with E-state index < -0.39 is 0 Å². The average Bonchev–Trinajstić information content (AvgIpc) is 3.29. The summed E-state index contributed by atoms with van der Waals surface area (Å²) in [4.78, 5) is 10.5. The van der Waals surface area contributed by atoms with Crippen LogP contribution in [0.1, 0.15) is 0 Å². The lowest BCUT2D eigenvalue weighted by atomic mass is 9.92. The van der Waals surface area contributed by atoms with E-state index in [4.69, 9.17) is 9.97 Å². The molecule has 2 nitrogen and oxygen atoms in total. The largest absolute Gasteiger partial charge is 0.228 e. The normalized spacial score (nSPS) is 11.2. The molecule has 262 valence electrons. The highest BCUT2D eigenvalue weighted by Crippen LogP contribution is 2.39. The predicted molar refractivity (Wildman–Crippen MR) is 235 cm³/mol. The van der Waals surface area contributed by atoms with Gasteiger partial charge in [-0.2, -0.15) is 0 Å². The summed E-state index contributed by atoms with van der Waals surface area (Å²) in [7, 11) is 0. The average molecular weight is 713 g/mol. The summed E-state index contributed by atoms with van der Waals surface area (Å²) in [5, 5.41) is 3.41. The summed E-state index contributed by atoms with van der Waals surface area (Å²) >= 11 is 0. The second-order valence-electron chi connectivity index (χ2n) is 14.2. The monoisotopic (exact) mass is 712 g/mol. The topological polar surface area (TPSA) is 25.8 Å². The SMILES string of the molecule is c1ccc(-c2cccc(-c3cccc(-c4cccc(-c5cccc(-c6nc(-c7ccc(-c8ccccc8)c8ccccc78)c7ccccc7n6)c5)c4)c3)c2)cc1. The molecule has 0 N–H and O–H groups in total. The Labute approximate surface area is 327 Å². The second kappa shape index (κ2) is 14.4. The minimum atomic E-state index is 0.707. The molecule has 0 unspecified atom stereocenters. The molecule has 9 aromatic carbocycles. The van der Waals surface area contributed by atoms with Gasteiger partial charge in [0.2, 0.25) is 0 Å². The zero-order valence-corrected chi connectivity index (χ0v) is 30.7. The van der Waals surface area contributed by atoms with Crippen LogP contribution in [0.15, 0.2) is 218 Å². The van der Waals surface area contributed by atoms with Crippen molar-refractivity contribution >= 4 is 21.7 Å². The van der Waals surface area contributed by atoms with Gasteiger partial charge in [0, 0.05) is 16.5 Å². The highest BCUT2D eigenvalue weighted by Gasteiger charge is 2.16. The maximum atomic E-state index is 5.35. The molecule has 0 aliphatic rings. The fraction of sp³-hybridized carbons (Fsp3) is 0. The van der Waals surface area contributed by atoms with Gasteiger partial charge in [-0.3, -0.25) is 0 Å². The molecule has 0 aliphatic carbocycles. The molecule has 0 amide bonds. The quantitative estimate of drug-likeness (QED) is 0.164. The van der Waals surface area contributed by atoms with Crippen LogP contribution in [-0.2, 0) is 0 Å². The molecule has 0 saturated heterocycles. The van der Waals surface area contributed by atoms with Gasteiger partial charge in [-0.1, -0.05) is 188 Å². The van der Waals surface area contributed by atoms with Gasteiger partial charge in [0.25, 0.3) is 0 Å². The first kappa shape index (κ1) is 33.2. The van der Waals surface area contributed by atoms with Crippen molar-refractivity contribution in [1.82, 2.24) is 9.97 Å². The minimum Gasteiger partial charge on any atom is -0.228 e. The third kappa shape index (κ3) is 6.34. The first-order chi connectivity index (χ1) is 27.7. The molecule has 10 rings (SSSR count). The first-order valence-electron chi connectivity index (χ1n) is 19.1. The highest BCUT2D eigenvalue weighted by molar-refractivity contribution is 6.08. The summed E-state index contributed by atoms with van der Waals surface area (Å²) in [6.45, 7) is 0. The minimum absolute atomic E-state index is 0.707. The van der Waals surface area contributed by atoms with Gasteiger partial charge in [0.05, 0.1) is 11.2 Å². The van der Waals surface area contributed by atoms with Gasteiger partial charge < -0.3 is 0 Å². The standard InChI is InChI=1S/C54H36N2/c1-3-15-37(16-4-1)39-19-11-20-40(33-39)41-21-12-22-42(34-41)43-23-13-24-44(35-43)45-25-14-26-46(36-45)54-55-52-30-10-9-29-51(52)53(56-54)50-32-31-47(38-17-5-2-6-18-38)48-27-7-8-28-49(48)50/h1-36H. The molecule has 2 heteroatoms. The van der Waals surface area contributed by atoms with Crippen LogP contribution in [0.4, 0.5) is 0 Å². The number of hydrogen-bond donors (Lipinski definition) is 0. The molecule has 0 radical (unpaired) electrons. The van der Waals surface area contributed by atoms with E-state index in [9.17, 15) is 0 Å². The van der Waals surface area contributed by atoms with E-state index in [1.54, 1.807) is 0 Å². The third-order valence-corrected chi connectivity index (χ3v) is 10.7. The highest BCUT2D eigenvalue weighted by atomic mass is 14.9. The Morgan fingerprint density at radius 2 is 0.607 bits per heavy atom. The van der Waals surface area contributed by atoms with E-state index in [1.165, 1.54) is 55.3 Å². The Kier molecular flexibility index (Phi) is 8.55.